The molecule has 0 spiro atoms. The topological polar surface area (TPSA) is 29.9 Å². The zero-order chi connectivity index (χ0) is 15.4. The fourth-order valence-electron chi connectivity index (χ4n) is 3.22. The highest BCUT2D eigenvalue weighted by molar-refractivity contribution is 7.71. The number of aromatic amines is 1. The van der Waals surface area contributed by atoms with Gasteiger partial charge in [0.1, 0.15) is 5.82 Å². The number of halogens is 2. The van der Waals surface area contributed by atoms with Crippen LogP contribution >= 0.6 is 23.8 Å². The maximum atomic E-state index is 13.8. The summed E-state index contributed by atoms with van der Waals surface area (Å²) in [7, 11) is 0. The number of nitrogens with zero attached hydrogens (tertiary/aromatic N) is 1. The Morgan fingerprint density at radius 1 is 1.52 bits per heavy atom. The Kier molecular flexibility index (Phi) is 3.62. The van der Waals surface area contributed by atoms with Gasteiger partial charge >= 0.3 is 0 Å². The van der Waals surface area contributed by atoms with Crippen molar-refractivity contribution in [1.82, 2.24) is 9.55 Å². The van der Waals surface area contributed by atoms with E-state index in [-0.39, 0.29) is 22.6 Å². The first kappa shape index (κ1) is 15.0. The second-order valence-corrected chi connectivity index (χ2v) is 6.89. The van der Waals surface area contributed by atoms with E-state index in [0.717, 1.165) is 17.5 Å². The summed E-state index contributed by atoms with van der Waals surface area (Å²) in [6, 6.07) is 3.23. The molecule has 1 heterocycles. The van der Waals surface area contributed by atoms with Gasteiger partial charge in [0, 0.05) is 24.1 Å². The third kappa shape index (κ3) is 2.22. The Balaban J connectivity index is 2.08. The lowest BCUT2D eigenvalue weighted by Gasteiger charge is -2.52. The van der Waals surface area contributed by atoms with Crippen molar-refractivity contribution in [2.24, 2.45) is 5.41 Å². The van der Waals surface area contributed by atoms with Gasteiger partial charge in [-0.3, -0.25) is 0 Å². The van der Waals surface area contributed by atoms with Crippen LogP contribution < -0.4 is 0 Å². The molecule has 1 aliphatic rings. The third-order valence-corrected chi connectivity index (χ3v) is 5.15. The van der Waals surface area contributed by atoms with Crippen LogP contribution in [0.5, 0.6) is 0 Å². The van der Waals surface area contributed by atoms with Crippen molar-refractivity contribution >= 4 is 34.9 Å². The molecule has 3 rings (SSSR count). The summed E-state index contributed by atoms with van der Waals surface area (Å²) < 4.78 is 22.2. The minimum Gasteiger partial charge on any atom is -0.378 e. The SMILES string of the molecule is CCOC1CC(n2c(=S)[nH]c3cc(Cl)c(F)cc32)C1(C)C. The van der Waals surface area contributed by atoms with E-state index in [9.17, 15) is 4.39 Å². The van der Waals surface area contributed by atoms with Gasteiger partial charge in [-0.05, 0) is 31.6 Å². The number of hydrogen-bond acceptors (Lipinski definition) is 2. The molecular weight excluding hydrogens is 311 g/mol. The van der Waals surface area contributed by atoms with E-state index in [2.05, 4.69) is 18.8 Å². The predicted octanol–water partition coefficient (Wildman–Crippen LogP) is 4.87. The summed E-state index contributed by atoms with van der Waals surface area (Å²) >= 11 is 11.3. The van der Waals surface area contributed by atoms with Gasteiger partial charge in [0.05, 0.1) is 22.2 Å². The average Bonchev–Trinajstić information content (AvgIpc) is 2.70. The summed E-state index contributed by atoms with van der Waals surface area (Å²) in [6.07, 6.45) is 1.09. The molecular formula is C15H18ClFN2OS. The highest BCUT2D eigenvalue weighted by Gasteiger charge is 2.50. The lowest BCUT2D eigenvalue weighted by molar-refractivity contribution is -0.127. The highest BCUT2D eigenvalue weighted by Crippen LogP contribution is 2.52. The Morgan fingerprint density at radius 2 is 2.24 bits per heavy atom. The smallest absolute Gasteiger partial charge is 0.178 e. The van der Waals surface area contributed by atoms with E-state index < -0.39 is 5.82 Å². The second-order valence-electron chi connectivity index (χ2n) is 6.10. The number of aromatic nitrogens is 2. The van der Waals surface area contributed by atoms with Crippen molar-refractivity contribution in [2.45, 2.75) is 39.3 Å². The molecule has 6 heteroatoms. The lowest BCUT2D eigenvalue weighted by atomic mass is 9.64. The molecule has 0 aliphatic heterocycles. The molecule has 0 amide bonds. The monoisotopic (exact) mass is 328 g/mol. The van der Waals surface area contributed by atoms with Gasteiger partial charge in [0.15, 0.2) is 4.77 Å². The van der Waals surface area contributed by atoms with Crippen LogP contribution in [0.2, 0.25) is 5.02 Å². The van der Waals surface area contributed by atoms with E-state index in [0.29, 0.717) is 11.4 Å². The molecule has 1 aromatic heterocycles. The molecule has 2 unspecified atom stereocenters. The number of imidazole rings is 1. The summed E-state index contributed by atoms with van der Waals surface area (Å²) in [5.74, 6) is -0.426. The highest BCUT2D eigenvalue weighted by atomic mass is 35.5. The molecule has 0 saturated heterocycles. The van der Waals surface area contributed by atoms with E-state index in [1.807, 2.05) is 11.5 Å². The fraction of sp³-hybridized carbons (Fsp3) is 0.533. The number of benzene rings is 1. The van der Waals surface area contributed by atoms with Gasteiger partial charge in [-0.25, -0.2) is 4.39 Å². The van der Waals surface area contributed by atoms with Gasteiger partial charge < -0.3 is 14.3 Å². The molecule has 3 nitrogen and oxygen atoms in total. The van der Waals surface area contributed by atoms with Gasteiger partial charge in [-0.15, -0.1) is 0 Å². The minimum absolute atomic E-state index is 0.0422. The first-order valence-electron chi connectivity index (χ1n) is 7.07. The number of hydrogen-bond donors (Lipinski definition) is 1. The summed E-state index contributed by atoms with van der Waals surface area (Å²) in [6.45, 7) is 7.02. The van der Waals surface area contributed by atoms with Crippen LogP contribution in [0.15, 0.2) is 12.1 Å². The largest absolute Gasteiger partial charge is 0.378 e. The molecule has 1 saturated carbocycles. The number of nitrogens with one attached hydrogen (secondary N) is 1. The van der Waals surface area contributed by atoms with Crippen LogP contribution in [-0.4, -0.2) is 22.3 Å². The predicted molar refractivity (Wildman–Crippen MR) is 84.9 cm³/mol. The van der Waals surface area contributed by atoms with Crippen molar-refractivity contribution in [3.63, 3.8) is 0 Å². The van der Waals surface area contributed by atoms with E-state index in [1.54, 1.807) is 6.07 Å². The Morgan fingerprint density at radius 3 is 2.86 bits per heavy atom. The molecule has 2 atom stereocenters. The average molecular weight is 329 g/mol. The van der Waals surface area contributed by atoms with Crippen LogP contribution in [0.25, 0.3) is 11.0 Å². The number of rotatable bonds is 3. The van der Waals surface area contributed by atoms with Crippen molar-refractivity contribution in [2.75, 3.05) is 6.61 Å². The van der Waals surface area contributed by atoms with E-state index in [4.69, 9.17) is 28.6 Å². The van der Waals surface area contributed by atoms with Crippen LogP contribution in [0.3, 0.4) is 0 Å². The number of fused-ring (bicyclic) bond motifs is 1. The molecule has 1 aliphatic carbocycles. The van der Waals surface area contributed by atoms with E-state index >= 15 is 0 Å². The summed E-state index contributed by atoms with van der Waals surface area (Å²) in [5.41, 5.74) is 1.48. The molecule has 2 aromatic rings. The maximum Gasteiger partial charge on any atom is 0.178 e. The fourth-order valence-corrected chi connectivity index (χ4v) is 3.72. The number of ether oxygens (including phenoxy) is 1. The Bertz CT molecular complexity index is 752. The molecule has 1 fully saturated rings. The van der Waals surface area contributed by atoms with Crippen molar-refractivity contribution in [3.8, 4) is 0 Å². The molecule has 21 heavy (non-hydrogen) atoms. The third-order valence-electron chi connectivity index (χ3n) is 4.56. The first-order chi connectivity index (χ1) is 9.86. The number of H-pyrrole nitrogens is 1. The zero-order valence-corrected chi connectivity index (χ0v) is 13.8. The summed E-state index contributed by atoms with van der Waals surface area (Å²) in [4.78, 5) is 3.11. The van der Waals surface area contributed by atoms with Crippen LogP contribution in [0, 0.1) is 16.0 Å². The normalized spacial score (nSPS) is 24.2. The van der Waals surface area contributed by atoms with Crippen molar-refractivity contribution < 1.29 is 9.13 Å². The summed E-state index contributed by atoms with van der Waals surface area (Å²) in [5, 5.41) is 0.103. The molecule has 1 aromatic carbocycles. The lowest BCUT2D eigenvalue weighted by Crippen LogP contribution is -2.51. The maximum absolute atomic E-state index is 13.8. The first-order valence-corrected chi connectivity index (χ1v) is 7.85. The quantitative estimate of drug-likeness (QED) is 0.815. The van der Waals surface area contributed by atoms with Gasteiger partial charge in [-0.1, -0.05) is 25.4 Å². The van der Waals surface area contributed by atoms with E-state index in [1.165, 1.54) is 6.07 Å². The van der Waals surface area contributed by atoms with Gasteiger partial charge in [0.2, 0.25) is 0 Å². The Labute approximate surface area is 133 Å². The second kappa shape index (κ2) is 5.07. The van der Waals surface area contributed by atoms with Gasteiger partial charge in [-0.2, -0.15) is 0 Å². The van der Waals surface area contributed by atoms with Crippen LogP contribution in [0.4, 0.5) is 4.39 Å². The van der Waals surface area contributed by atoms with Crippen LogP contribution in [-0.2, 0) is 4.74 Å². The molecule has 0 radical (unpaired) electrons. The molecule has 114 valence electrons. The zero-order valence-electron chi connectivity index (χ0n) is 12.2. The molecule has 0 bridgehead atoms. The van der Waals surface area contributed by atoms with Gasteiger partial charge in [0.25, 0.3) is 0 Å². The van der Waals surface area contributed by atoms with Crippen LogP contribution in [0.1, 0.15) is 33.2 Å². The molecule has 1 N–H and O–H groups in total. The standard InChI is InChI=1S/C15H18ClFN2OS/c1-4-20-13-7-12(15(13,2)3)19-11-6-9(17)8(16)5-10(11)18-14(19)21/h5-6,12-13H,4,7H2,1-3H3,(H,18,21). The minimum atomic E-state index is -0.426. The Hall–Kier alpha value is -0.910. The van der Waals surface area contributed by atoms with Crippen molar-refractivity contribution in [3.05, 3.63) is 27.7 Å². The van der Waals surface area contributed by atoms with Crippen molar-refractivity contribution in [1.29, 1.82) is 0 Å².